The minimum Gasteiger partial charge on any atom is -0.302 e. The van der Waals surface area contributed by atoms with E-state index in [1.807, 2.05) is 36.7 Å². The van der Waals surface area contributed by atoms with Crippen molar-refractivity contribution in [2.24, 2.45) is 0 Å². The van der Waals surface area contributed by atoms with Crippen molar-refractivity contribution in [2.75, 3.05) is 13.6 Å². The second-order valence-electron chi connectivity index (χ2n) is 4.65. The summed E-state index contributed by atoms with van der Waals surface area (Å²) >= 11 is 0. The number of hydrogen-bond acceptors (Lipinski definition) is 3. The van der Waals surface area contributed by atoms with Gasteiger partial charge in [0.1, 0.15) is 0 Å². The molecule has 0 aliphatic carbocycles. The molecule has 0 aliphatic rings. The van der Waals surface area contributed by atoms with Crippen LogP contribution in [-0.2, 0) is 13.0 Å². The van der Waals surface area contributed by atoms with E-state index in [0.717, 1.165) is 19.5 Å². The van der Waals surface area contributed by atoms with Crippen LogP contribution in [0.25, 0.3) is 0 Å². The molecule has 0 atom stereocenters. The lowest BCUT2D eigenvalue weighted by atomic mass is 10.1. The topological polar surface area (TPSA) is 39.9 Å². The molecule has 1 heterocycles. The molecule has 3 nitrogen and oxygen atoms in total. The lowest BCUT2D eigenvalue weighted by Gasteiger charge is -2.16. The van der Waals surface area contributed by atoms with E-state index in [0.29, 0.717) is 5.56 Å². The molecule has 2 aromatic rings. The second kappa shape index (κ2) is 6.67. The quantitative estimate of drug-likeness (QED) is 0.820. The van der Waals surface area contributed by atoms with Gasteiger partial charge in [-0.2, -0.15) is 5.26 Å². The van der Waals surface area contributed by atoms with Crippen LogP contribution >= 0.6 is 0 Å². The van der Waals surface area contributed by atoms with Crippen molar-refractivity contribution in [1.29, 1.82) is 5.26 Å². The monoisotopic (exact) mass is 251 g/mol. The van der Waals surface area contributed by atoms with Crippen molar-refractivity contribution >= 4 is 0 Å². The maximum Gasteiger partial charge on any atom is 0.0991 e. The number of hydrogen-bond donors (Lipinski definition) is 0. The minimum absolute atomic E-state index is 0.711. The molecule has 0 saturated carbocycles. The van der Waals surface area contributed by atoms with Gasteiger partial charge >= 0.3 is 0 Å². The van der Waals surface area contributed by atoms with Gasteiger partial charge in [0.2, 0.25) is 0 Å². The van der Waals surface area contributed by atoms with Crippen molar-refractivity contribution < 1.29 is 0 Å². The highest BCUT2D eigenvalue weighted by atomic mass is 15.1. The smallest absolute Gasteiger partial charge is 0.0991 e. The highest BCUT2D eigenvalue weighted by molar-refractivity contribution is 5.31. The van der Waals surface area contributed by atoms with E-state index in [9.17, 15) is 0 Å². The van der Waals surface area contributed by atoms with Gasteiger partial charge in [-0.3, -0.25) is 4.98 Å². The predicted molar refractivity (Wildman–Crippen MR) is 75.4 cm³/mol. The van der Waals surface area contributed by atoms with Crippen LogP contribution < -0.4 is 0 Å². The summed E-state index contributed by atoms with van der Waals surface area (Å²) in [5.74, 6) is 0. The molecule has 0 amide bonds. The molecule has 96 valence electrons. The van der Waals surface area contributed by atoms with E-state index in [4.69, 9.17) is 5.26 Å². The molecule has 0 fully saturated rings. The molecule has 0 radical (unpaired) electrons. The largest absolute Gasteiger partial charge is 0.302 e. The van der Waals surface area contributed by atoms with Crippen molar-refractivity contribution in [3.05, 3.63) is 65.5 Å². The zero-order chi connectivity index (χ0) is 13.5. The van der Waals surface area contributed by atoms with Gasteiger partial charge in [-0.1, -0.05) is 12.1 Å². The highest BCUT2D eigenvalue weighted by Crippen LogP contribution is 2.07. The molecular weight excluding hydrogens is 234 g/mol. The van der Waals surface area contributed by atoms with Crippen molar-refractivity contribution in [3.63, 3.8) is 0 Å². The van der Waals surface area contributed by atoms with Crippen LogP contribution in [-0.4, -0.2) is 23.5 Å². The van der Waals surface area contributed by atoms with Crippen molar-refractivity contribution in [1.82, 2.24) is 9.88 Å². The highest BCUT2D eigenvalue weighted by Gasteiger charge is 2.01. The van der Waals surface area contributed by atoms with E-state index in [-0.39, 0.29) is 0 Å². The number of rotatable bonds is 5. The van der Waals surface area contributed by atoms with Gasteiger partial charge in [-0.15, -0.1) is 0 Å². The van der Waals surface area contributed by atoms with Gasteiger partial charge in [-0.05, 0) is 48.9 Å². The fourth-order valence-electron chi connectivity index (χ4n) is 1.94. The third-order valence-corrected chi connectivity index (χ3v) is 3.07. The lowest BCUT2D eigenvalue weighted by molar-refractivity contribution is 0.331. The molecule has 0 unspecified atom stereocenters. The number of nitrogens with zero attached hydrogens (tertiary/aromatic N) is 3. The summed E-state index contributed by atoms with van der Waals surface area (Å²) in [5.41, 5.74) is 3.25. The molecule has 0 saturated heterocycles. The Kier molecular flexibility index (Phi) is 4.66. The number of nitriles is 1. The van der Waals surface area contributed by atoms with Gasteiger partial charge in [0.25, 0.3) is 0 Å². The fourth-order valence-corrected chi connectivity index (χ4v) is 1.94. The minimum atomic E-state index is 0.711. The van der Waals surface area contributed by atoms with E-state index in [1.54, 1.807) is 0 Å². The molecular formula is C16H17N3. The first kappa shape index (κ1) is 13.3. The molecule has 0 bridgehead atoms. The maximum absolute atomic E-state index is 8.76. The average molecular weight is 251 g/mol. The summed E-state index contributed by atoms with van der Waals surface area (Å²) in [6.45, 7) is 1.90. The summed E-state index contributed by atoms with van der Waals surface area (Å²) in [5, 5.41) is 8.76. The van der Waals surface area contributed by atoms with Gasteiger partial charge in [0, 0.05) is 25.5 Å². The third kappa shape index (κ3) is 4.20. The van der Waals surface area contributed by atoms with Gasteiger partial charge < -0.3 is 4.90 Å². The SMILES string of the molecule is CN(CCc1ccncc1)Cc1ccc(C#N)cc1. The number of aromatic nitrogens is 1. The van der Waals surface area contributed by atoms with Gasteiger partial charge in [0.15, 0.2) is 0 Å². The summed E-state index contributed by atoms with van der Waals surface area (Å²) in [6, 6.07) is 14.0. The molecule has 1 aromatic carbocycles. The normalized spacial score (nSPS) is 10.4. The maximum atomic E-state index is 8.76. The molecule has 0 N–H and O–H groups in total. The van der Waals surface area contributed by atoms with Crippen molar-refractivity contribution in [3.8, 4) is 6.07 Å². The molecule has 0 aliphatic heterocycles. The van der Waals surface area contributed by atoms with Crippen LogP contribution in [0.3, 0.4) is 0 Å². The Hall–Kier alpha value is -2.18. The molecule has 19 heavy (non-hydrogen) atoms. The predicted octanol–water partition coefficient (Wildman–Crippen LogP) is 2.63. The van der Waals surface area contributed by atoms with Gasteiger partial charge in [0.05, 0.1) is 11.6 Å². The van der Waals surface area contributed by atoms with Crippen LogP contribution in [0.5, 0.6) is 0 Å². The van der Waals surface area contributed by atoms with Crippen LogP contribution in [0.15, 0.2) is 48.8 Å². The zero-order valence-corrected chi connectivity index (χ0v) is 11.1. The first-order valence-electron chi connectivity index (χ1n) is 6.34. The van der Waals surface area contributed by atoms with Crippen LogP contribution in [0.4, 0.5) is 0 Å². The Labute approximate surface area is 114 Å². The number of pyridine rings is 1. The first-order valence-corrected chi connectivity index (χ1v) is 6.34. The van der Waals surface area contributed by atoms with E-state index in [1.165, 1.54) is 11.1 Å². The summed E-state index contributed by atoms with van der Waals surface area (Å²) in [6.07, 6.45) is 4.68. The lowest BCUT2D eigenvalue weighted by Crippen LogP contribution is -2.20. The summed E-state index contributed by atoms with van der Waals surface area (Å²) < 4.78 is 0. The number of likely N-dealkylation sites (N-methyl/N-ethyl adjacent to an activating group) is 1. The summed E-state index contributed by atoms with van der Waals surface area (Å²) in [4.78, 5) is 6.30. The Bertz CT molecular complexity index is 540. The van der Waals surface area contributed by atoms with E-state index < -0.39 is 0 Å². The first-order chi connectivity index (χ1) is 9.28. The Morgan fingerprint density at radius 3 is 2.37 bits per heavy atom. The number of benzene rings is 1. The Balaban J connectivity index is 1.84. The standard InChI is InChI=1S/C16H17N3/c1-19(11-8-14-6-9-18-10-7-14)13-16-4-2-15(12-17)3-5-16/h2-7,9-10H,8,11,13H2,1H3. The molecule has 1 aromatic heterocycles. The molecule has 0 spiro atoms. The fraction of sp³-hybridized carbons (Fsp3) is 0.250. The molecule has 3 heteroatoms. The van der Waals surface area contributed by atoms with Crippen LogP contribution in [0.2, 0.25) is 0 Å². The van der Waals surface area contributed by atoms with E-state index >= 15 is 0 Å². The Morgan fingerprint density at radius 1 is 1.05 bits per heavy atom. The van der Waals surface area contributed by atoms with Crippen LogP contribution in [0.1, 0.15) is 16.7 Å². The summed E-state index contributed by atoms with van der Waals surface area (Å²) in [7, 11) is 2.11. The zero-order valence-electron chi connectivity index (χ0n) is 11.1. The third-order valence-electron chi connectivity index (χ3n) is 3.07. The van der Waals surface area contributed by atoms with E-state index in [2.05, 4.69) is 35.1 Å². The van der Waals surface area contributed by atoms with Crippen LogP contribution in [0, 0.1) is 11.3 Å². The second-order valence-corrected chi connectivity index (χ2v) is 4.65. The average Bonchev–Trinajstić information content (AvgIpc) is 2.47. The molecule has 2 rings (SSSR count). The van der Waals surface area contributed by atoms with Crippen molar-refractivity contribution in [2.45, 2.75) is 13.0 Å². The van der Waals surface area contributed by atoms with Gasteiger partial charge in [-0.25, -0.2) is 0 Å². The Morgan fingerprint density at radius 2 is 1.74 bits per heavy atom.